The molecule has 0 aromatic rings. The Morgan fingerprint density at radius 3 is 2.26 bits per heavy atom. The Balaban J connectivity index is 2.78. The lowest BCUT2D eigenvalue weighted by atomic mass is 9.78. The van der Waals surface area contributed by atoms with Crippen LogP contribution in [0.1, 0.15) is 74.1 Å². The lowest BCUT2D eigenvalue weighted by Crippen LogP contribution is -2.45. The Bertz CT molecular complexity index is 272. The van der Waals surface area contributed by atoms with Crippen molar-refractivity contribution in [1.29, 1.82) is 0 Å². The van der Waals surface area contributed by atoms with Crippen molar-refractivity contribution in [2.75, 3.05) is 6.54 Å². The predicted octanol–water partition coefficient (Wildman–Crippen LogP) is 4.38. The molecule has 2 heteroatoms. The quantitative estimate of drug-likeness (QED) is 0.740. The molecule has 0 aliphatic carbocycles. The number of rotatable bonds is 7. The van der Waals surface area contributed by atoms with E-state index in [-0.39, 0.29) is 11.2 Å². The minimum absolute atomic E-state index is 0.0115. The molecule has 0 radical (unpaired) electrons. The van der Waals surface area contributed by atoms with Gasteiger partial charge in [0.1, 0.15) is 0 Å². The molecule has 19 heavy (non-hydrogen) atoms. The number of hydrogen-bond donors (Lipinski definition) is 1. The maximum atomic E-state index is 6.28. The topological polar surface area (TPSA) is 21.3 Å². The van der Waals surface area contributed by atoms with Crippen LogP contribution in [0, 0.1) is 11.8 Å². The minimum Gasteiger partial charge on any atom is -0.369 e. The lowest BCUT2D eigenvalue weighted by molar-refractivity contribution is -0.0782. The molecular formula is C17H35NO. The Morgan fingerprint density at radius 1 is 1.21 bits per heavy atom. The zero-order valence-electron chi connectivity index (χ0n) is 14.2. The van der Waals surface area contributed by atoms with Crippen LogP contribution in [0.5, 0.6) is 0 Å². The van der Waals surface area contributed by atoms with Crippen LogP contribution in [0.2, 0.25) is 0 Å². The van der Waals surface area contributed by atoms with Gasteiger partial charge in [-0.1, -0.05) is 27.2 Å². The summed E-state index contributed by atoms with van der Waals surface area (Å²) in [6.45, 7) is 17.0. The Kier molecular flexibility index (Phi) is 5.88. The van der Waals surface area contributed by atoms with Gasteiger partial charge in [-0.2, -0.15) is 0 Å². The average molecular weight is 269 g/mol. The fourth-order valence-corrected chi connectivity index (χ4v) is 3.55. The molecule has 1 aliphatic rings. The van der Waals surface area contributed by atoms with Gasteiger partial charge in [0.2, 0.25) is 0 Å². The molecule has 3 unspecified atom stereocenters. The standard InChI is InChI=1S/C17H35NO/c1-8-10-18-15(11-13(3)9-2)14-12-16(4,5)19-17(14,6)7/h13-15,18H,8-12H2,1-7H3. The van der Waals surface area contributed by atoms with Crippen molar-refractivity contribution < 1.29 is 4.74 Å². The summed E-state index contributed by atoms with van der Waals surface area (Å²) in [6, 6.07) is 0.590. The number of nitrogens with one attached hydrogen (secondary N) is 1. The summed E-state index contributed by atoms with van der Waals surface area (Å²) in [6.07, 6.45) is 4.90. The van der Waals surface area contributed by atoms with Gasteiger partial charge in [0, 0.05) is 12.0 Å². The summed E-state index contributed by atoms with van der Waals surface area (Å²) in [7, 11) is 0. The molecule has 1 aliphatic heterocycles. The molecule has 0 aromatic carbocycles. The summed E-state index contributed by atoms with van der Waals surface area (Å²) < 4.78 is 6.28. The first-order chi connectivity index (χ1) is 8.72. The van der Waals surface area contributed by atoms with Crippen molar-refractivity contribution in [1.82, 2.24) is 5.32 Å². The first-order valence-electron chi connectivity index (χ1n) is 8.15. The highest BCUT2D eigenvalue weighted by Gasteiger charge is 2.48. The Hall–Kier alpha value is -0.0800. The van der Waals surface area contributed by atoms with Crippen LogP contribution in [0.15, 0.2) is 0 Å². The Labute approximate surface area is 120 Å². The molecule has 114 valence electrons. The molecule has 0 aromatic heterocycles. The molecule has 1 fully saturated rings. The second-order valence-electron chi connectivity index (χ2n) is 7.59. The normalized spacial score (nSPS) is 28.3. The highest BCUT2D eigenvalue weighted by molar-refractivity contribution is 4.99. The van der Waals surface area contributed by atoms with Crippen molar-refractivity contribution in [3.63, 3.8) is 0 Å². The Morgan fingerprint density at radius 2 is 1.84 bits per heavy atom. The zero-order valence-corrected chi connectivity index (χ0v) is 14.2. The van der Waals surface area contributed by atoms with Crippen LogP contribution in [0.25, 0.3) is 0 Å². The third kappa shape index (κ3) is 4.75. The van der Waals surface area contributed by atoms with E-state index >= 15 is 0 Å². The van der Waals surface area contributed by atoms with Crippen LogP contribution in [0.4, 0.5) is 0 Å². The summed E-state index contributed by atoms with van der Waals surface area (Å²) in [5, 5.41) is 3.79. The van der Waals surface area contributed by atoms with E-state index < -0.39 is 0 Å². The van der Waals surface area contributed by atoms with Crippen LogP contribution in [-0.4, -0.2) is 23.8 Å². The van der Waals surface area contributed by atoms with Gasteiger partial charge in [0.15, 0.2) is 0 Å². The van der Waals surface area contributed by atoms with E-state index in [0.717, 1.165) is 18.9 Å². The van der Waals surface area contributed by atoms with Gasteiger partial charge in [-0.25, -0.2) is 0 Å². The van der Waals surface area contributed by atoms with E-state index in [1.54, 1.807) is 0 Å². The van der Waals surface area contributed by atoms with E-state index in [0.29, 0.717) is 12.0 Å². The van der Waals surface area contributed by atoms with Crippen molar-refractivity contribution in [3.8, 4) is 0 Å². The first kappa shape index (κ1) is 17.0. The van der Waals surface area contributed by atoms with Crippen LogP contribution in [0.3, 0.4) is 0 Å². The predicted molar refractivity (Wildman–Crippen MR) is 83.5 cm³/mol. The van der Waals surface area contributed by atoms with Gasteiger partial charge in [0.05, 0.1) is 11.2 Å². The summed E-state index contributed by atoms with van der Waals surface area (Å²) in [5.74, 6) is 1.40. The molecule has 3 atom stereocenters. The fourth-order valence-electron chi connectivity index (χ4n) is 3.55. The summed E-state index contributed by atoms with van der Waals surface area (Å²) in [5.41, 5.74) is 0.0120. The third-order valence-electron chi connectivity index (χ3n) is 4.64. The minimum atomic E-state index is -0.0115. The first-order valence-corrected chi connectivity index (χ1v) is 8.15. The third-order valence-corrected chi connectivity index (χ3v) is 4.64. The molecule has 1 N–H and O–H groups in total. The molecule has 1 rings (SSSR count). The molecular weight excluding hydrogens is 234 g/mol. The van der Waals surface area contributed by atoms with E-state index in [2.05, 4.69) is 53.8 Å². The van der Waals surface area contributed by atoms with Gasteiger partial charge in [0.25, 0.3) is 0 Å². The van der Waals surface area contributed by atoms with Gasteiger partial charge >= 0.3 is 0 Å². The van der Waals surface area contributed by atoms with Crippen molar-refractivity contribution >= 4 is 0 Å². The highest BCUT2D eigenvalue weighted by atomic mass is 16.5. The highest BCUT2D eigenvalue weighted by Crippen LogP contribution is 2.44. The fraction of sp³-hybridized carbons (Fsp3) is 1.00. The van der Waals surface area contributed by atoms with E-state index in [9.17, 15) is 0 Å². The van der Waals surface area contributed by atoms with Crippen molar-refractivity contribution in [2.24, 2.45) is 11.8 Å². The summed E-state index contributed by atoms with van der Waals surface area (Å²) >= 11 is 0. The summed E-state index contributed by atoms with van der Waals surface area (Å²) in [4.78, 5) is 0. The molecule has 1 saturated heterocycles. The lowest BCUT2D eigenvalue weighted by Gasteiger charge is -2.35. The number of ether oxygens (including phenoxy) is 1. The maximum absolute atomic E-state index is 6.28. The van der Waals surface area contributed by atoms with Gasteiger partial charge < -0.3 is 10.1 Å². The second-order valence-corrected chi connectivity index (χ2v) is 7.59. The molecule has 1 heterocycles. The van der Waals surface area contributed by atoms with E-state index in [4.69, 9.17) is 4.74 Å². The molecule has 0 bridgehead atoms. The largest absolute Gasteiger partial charge is 0.369 e. The maximum Gasteiger partial charge on any atom is 0.0677 e. The zero-order chi connectivity index (χ0) is 14.7. The molecule has 0 amide bonds. The van der Waals surface area contributed by atoms with Crippen LogP contribution < -0.4 is 5.32 Å². The number of hydrogen-bond acceptors (Lipinski definition) is 2. The van der Waals surface area contributed by atoms with Crippen molar-refractivity contribution in [3.05, 3.63) is 0 Å². The monoisotopic (exact) mass is 269 g/mol. The van der Waals surface area contributed by atoms with E-state index in [1.807, 2.05) is 0 Å². The van der Waals surface area contributed by atoms with Crippen LogP contribution in [-0.2, 0) is 4.74 Å². The van der Waals surface area contributed by atoms with Crippen LogP contribution >= 0.6 is 0 Å². The smallest absolute Gasteiger partial charge is 0.0677 e. The molecule has 0 spiro atoms. The van der Waals surface area contributed by atoms with E-state index in [1.165, 1.54) is 19.3 Å². The van der Waals surface area contributed by atoms with Gasteiger partial charge in [-0.15, -0.1) is 0 Å². The molecule has 2 nitrogen and oxygen atoms in total. The van der Waals surface area contributed by atoms with Gasteiger partial charge in [-0.3, -0.25) is 0 Å². The SMILES string of the molecule is CCCNC(CC(C)CC)C1CC(C)(C)OC1(C)C. The molecule has 0 saturated carbocycles. The second kappa shape index (κ2) is 6.58. The average Bonchev–Trinajstić information content (AvgIpc) is 2.52. The van der Waals surface area contributed by atoms with Crippen molar-refractivity contribution in [2.45, 2.75) is 91.4 Å². The van der Waals surface area contributed by atoms with Gasteiger partial charge in [-0.05, 0) is 59.4 Å².